The van der Waals surface area contributed by atoms with Gasteiger partial charge in [-0.3, -0.25) is 4.90 Å². The molecule has 0 fully saturated rings. The Balaban J connectivity index is 2.90. The monoisotopic (exact) mass is 317 g/mol. The van der Waals surface area contributed by atoms with Crippen molar-refractivity contribution in [3.05, 3.63) is 22.2 Å². The zero-order valence-electron chi connectivity index (χ0n) is 10.8. The Kier molecular flexibility index (Phi) is 6.46. The van der Waals surface area contributed by atoms with Crippen molar-refractivity contribution in [3.8, 4) is 11.5 Å². The van der Waals surface area contributed by atoms with Crippen molar-refractivity contribution in [2.45, 2.75) is 19.9 Å². The Morgan fingerprint density at radius 2 is 2.06 bits per heavy atom. The maximum Gasteiger partial charge on any atom is 0.162 e. The van der Waals surface area contributed by atoms with Crippen molar-refractivity contribution in [1.82, 2.24) is 4.90 Å². The number of benzene rings is 1. The van der Waals surface area contributed by atoms with Crippen molar-refractivity contribution in [3.63, 3.8) is 0 Å². The maximum absolute atomic E-state index is 10.1. The lowest BCUT2D eigenvalue weighted by Crippen LogP contribution is -2.27. The highest BCUT2D eigenvalue weighted by Crippen LogP contribution is 2.34. The van der Waals surface area contributed by atoms with E-state index in [0.717, 1.165) is 23.0 Å². The number of ether oxygens (including phenoxy) is 1. The molecule has 0 spiro atoms. The first-order valence-corrected chi connectivity index (χ1v) is 6.80. The molecule has 0 atom stereocenters. The minimum atomic E-state index is 0.117. The van der Waals surface area contributed by atoms with E-state index in [1.165, 1.54) is 7.11 Å². The van der Waals surface area contributed by atoms with Crippen LogP contribution >= 0.6 is 15.9 Å². The lowest BCUT2D eigenvalue weighted by atomic mass is 10.1. The topological polar surface area (TPSA) is 52.9 Å². The molecule has 2 N–H and O–H groups in total. The summed E-state index contributed by atoms with van der Waals surface area (Å²) < 4.78 is 5.99. The first-order valence-electron chi connectivity index (χ1n) is 6.01. The maximum atomic E-state index is 10.1. The zero-order valence-corrected chi connectivity index (χ0v) is 12.4. The third-order valence-corrected chi connectivity index (χ3v) is 3.15. The molecular formula is C13H20BrNO3. The molecule has 0 heterocycles. The van der Waals surface area contributed by atoms with E-state index >= 15 is 0 Å². The number of aliphatic hydroxyl groups excluding tert-OH is 1. The van der Waals surface area contributed by atoms with E-state index in [0.29, 0.717) is 18.8 Å². The van der Waals surface area contributed by atoms with Crippen LogP contribution in [0.15, 0.2) is 16.6 Å². The molecule has 0 aliphatic heterocycles. The lowest BCUT2D eigenvalue weighted by Gasteiger charge is -2.21. The van der Waals surface area contributed by atoms with Crippen LogP contribution in [-0.2, 0) is 6.54 Å². The summed E-state index contributed by atoms with van der Waals surface area (Å²) in [6, 6.07) is 3.60. The van der Waals surface area contributed by atoms with Gasteiger partial charge in [0.05, 0.1) is 13.7 Å². The van der Waals surface area contributed by atoms with Crippen LogP contribution in [0.25, 0.3) is 0 Å². The van der Waals surface area contributed by atoms with Crippen molar-refractivity contribution in [2.75, 3.05) is 26.8 Å². The molecule has 1 aromatic carbocycles. The van der Waals surface area contributed by atoms with Crippen LogP contribution < -0.4 is 4.74 Å². The zero-order chi connectivity index (χ0) is 13.5. The molecule has 0 aliphatic carbocycles. The number of phenols is 1. The summed E-state index contributed by atoms with van der Waals surface area (Å²) in [5, 5.41) is 19.1. The standard InChI is InChI=1S/C13H20BrNO3/c1-3-4-15(5-6-16)9-10-7-11(14)8-12(18-2)13(10)17/h7-8,16-17H,3-6,9H2,1-2H3. The Labute approximate surface area is 116 Å². The van der Waals surface area contributed by atoms with E-state index in [1.807, 2.05) is 6.07 Å². The van der Waals surface area contributed by atoms with Gasteiger partial charge in [0.2, 0.25) is 0 Å². The second-order valence-electron chi connectivity index (χ2n) is 4.12. The van der Waals surface area contributed by atoms with Gasteiger partial charge in [0.15, 0.2) is 11.5 Å². The van der Waals surface area contributed by atoms with Crippen molar-refractivity contribution < 1.29 is 14.9 Å². The van der Waals surface area contributed by atoms with Gasteiger partial charge in [-0.15, -0.1) is 0 Å². The van der Waals surface area contributed by atoms with Gasteiger partial charge >= 0.3 is 0 Å². The molecule has 0 amide bonds. The molecular weight excluding hydrogens is 298 g/mol. The fraction of sp³-hybridized carbons (Fsp3) is 0.538. The predicted molar refractivity (Wildman–Crippen MR) is 75.0 cm³/mol. The summed E-state index contributed by atoms with van der Waals surface area (Å²) in [6.45, 7) is 4.28. The number of rotatable bonds is 7. The van der Waals surface area contributed by atoms with Gasteiger partial charge in [0, 0.05) is 23.1 Å². The second-order valence-corrected chi connectivity index (χ2v) is 5.03. The highest BCUT2D eigenvalue weighted by molar-refractivity contribution is 9.10. The van der Waals surface area contributed by atoms with Crippen LogP contribution in [0.5, 0.6) is 11.5 Å². The summed E-state index contributed by atoms with van der Waals surface area (Å²) in [6.07, 6.45) is 1.01. The van der Waals surface area contributed by atoms with Gasteiger partial charge in [-0.1, -0.05) is 22.9 Å². The van der Waals surface area contributed by atoms with E-state index in [-0.39, 0.29) is 12.4 Å². The quantitative estimate of drug-likeness (QED) is 0.810. The highest BCUT2D eigenvalue weighted by atomic mass is 79.9. The summed E-state index contributed by atoms with van der Waals surface area (Å²) in [5.74, 6) is 0.625. The third-order valence-electron chi connectivity index (χ3n) is 2.69. The van der Waals surface area contributed by atoms with Gasteiger partial charge in [-0.25, -0.2) is 0 Å². The Morgan fingerprint density at radius 3 is 2.61 bits per heavy atom. The van der Waals surface area contributed by atoms with E-state index < -0.39 is 0 Å². The number of phenolic OH excluding ortho intramolecular Hbond substituents is 1. The molecule has 0 saturated carbocycles. The Morgan fingerprint density at radius 1 is 1.33 bits per heavy atom. The number of hydrogen-bond acceptors (Lipinski definition) is 4. The Bertz CT molecular complexity index is 379. The van der Waals surface area contributed by atoms with Gasteiger partial charge < -0.3 is 14.9 Å². The molecule has 4 nitrogen and oxygen atoms in total. The second kappa shape index (κ2) is 7.61. The van der Waals surface area contributed by atoms with E-state index in [9.17, 15) is 5.11 Å². The van der Waals surface area contributed by atoms with Gasteiger partial charge in [-0.2, -0.15) is 0 Å². The molecule has 102 valence electrons. The fourth-order valence-electron chi connectivity index (χ4n) is 1.87. The van der Waals surface area contributed by atoms with Crippen LogP contribution in [0.3, 0.4) is 0 Å². The molecule has 1 aromatic rings. The largest absolute Gasteiger partial charge is 0.504 e. The van der Waals surface area contributed by atoms with Crippen LogP contribution in [0, 0.1) is 0 Å². The van der Waals surface area contributed by atoms with Gasteiger partial charge in [-0.05, 0) is 25.1 Å². The molecule has 0 unspecified atom stereocenters. The van der Waals surface area contributed by atoms with E-state index in [1.54, 1.807) is 6.07 Å². The number of methoxy groups -OCH3 is 1. The highest BCUT2D eigenvalue weighted by Gasteiger charge is 2.13. The first-order chi connectivity index (χ1) is 8.62. The van der Waals surface area contributed by atoms with Crippen LogP contribution in [0.4, 0.5) is 0 Å². The first kappa shape index (κ1) is 15.3. The fourth-order valence-corrected chi connectivity index (χ4v) is 2.36. The molecule has 0 saturated heterocycles. The predicted octanol–water partition coefficient (Wildman–Crippen LogP) is 2.37. The van der Waals surface area contributed by atoms with Gasteiger partial charge in [0.1, 0.15) is 0 Å². The normalized spacial score (nSPS) is 10.9. The summed E-state index contributed by atoms with van der Waals surface area (Å²) in [7, 11) is 1.53. The minimum absolute atomic E-state index is 0.117. The minimum Gasteiger partial charge on any atom is -0.504 e. The van der Waals surface area contributed by atoms with Crippen molar-refractivity contribution >= 4 is 15.9 Å². The number of hydrogen-bond donors (Lipinski definition) is 2. The lowest BCUT2D eigenvalue weighted by molar-refractivity contribution is 0.188. The number of nitrogens with zero attached hydrogens (tertiary/aromatic N) is 1. The summed E-state index contributed by atoms with van der Waals surface area (Å²) in [5.41, 5.74) is 0.795. The molecule has 1 rings (SSSR count). The SMILES string of the molecule is CCCN(CCO)Cc1cc(Br)cc(OC)c1O. The summed E-state index contributed by atoms with van der Waals surface area (Å²) in [4.78, 5) is 2.10. The van der Waals surface area contributed by atoms with Crippen LogP contribution in [0.1, 0.15) is 18.9 Å². The van der Waals surface area contributed by atoms with Gasteiger partial charge in [0.25, 0.3) is 0 Å². The number of halogens is 1. The molecule has 0 radical (unpaired) electrons. The molecule has 0 aromatic heterocycles. The van der Waals surface area contributed by atoms with E-state index in [4.69, 9.17) is 9.84 Å². The number of aromatic hydroxyl groups is 1. The average Bonchev–Trinajstić information content (AvgIpc) is 2.34. The van der Waals surface area contributed by atoms with Crippen molar-refractivity contribution in [1.29, 1.82) is 0 Å². The molecule has 18 heavy (non-hydrogen) atoms. The third kappa shape index (κ3) is 4.15. The Hall–Kier alpha value is -0.780. The van der Waals surface area contributed by atoms with Crippen LogP contribution in [0.2, 0.25) is 0 Å². The molecule has 0 bridgehead atoms. The van der Waals surface area contributed by atoms with Crippen molar-refractivity contribution in [2.24, 2.45) is 0 Å². The molecule has 0 aliphatic rings. The smallest absolute Gasteiger partial charge is 0.162 e. The average molecular weight is 318 g/mol. The number of aliphatic hydroxyl groups is 1. The molecule has 5 heteroatoms. The van der Waals surface area contributed by atoms with E-state index in [2.05, 4.69) is 27.8 Å². The summed E-state index contributed by atoms with van der Waals surface area (Å²) >= 11 is 3.40. The van der Waals surface area contributed by atoms with Crippen LogP contribution in [-0.4, -0.2) is 41.9 Å².